The van der Waals surface area contributed by atoms with Gasteiger partial charge in [-0.3, -0.25) is 0 Å². The molecular weight excluding hydrogens is 276 g/mol. The molecule has 0 bridgehead atoms. The van der Waals surface area contributed by atoms with E-state index in [1.165, 1.54) is 17.0 Å². The molecule has 0 spiro atoms. The highest BCUT2D eigenvalue weighted by Gasteiger charge is 2.27. The quantitative estimate of drug-likeness (QED) is 0.909. The molecule has 0 aromatic heterocycles. The van der Waals surface area contributed by atoms with E-state index in [0.29, 0.717) is 4.75 Å². The average Bonchev–Trinajstić information content (AvgIpc) is 2.36. The van der Waals surface area contributed by atoms with Gasteiger partial charge in [0.25, 0.3) is 0 Å². The first-order valence-electron chi connectivity index (χ1n) is 6.78. The van der Waals surface area contributed by atoms with Crippen molar-refractivity contribution < 1.29 is 0 Å². The fourth-order valence-electron chi connectivity index (χ4n) is 2.46. The summed E-state index contributed by atoms with van der Waals surface area (Å²) < 4.78 is 0.321. The molecule has 0 amide bonds. The number of halogens is 1. The first-order valence-corrected chi connectivity index (χ1v) is 8.15. The van der Waals surface area contributed by atoms with E-state index in [2.05, 4.69) is 60.9 Å². The van der Waals surface area contributed by atoms with Gasteiger partial charge in [-0.15, -0.1) is 0 Å². The lowest BCUT2D eigenvalue weighted by atomic mass is 10.1. The van der Waals surface area contributed by atoms with E-state index in [9.17, 15) is 0 Å². The standard InChI is InChI=1S/C15H23ClN2S/c1-11(17-4)13-6-5-12(9-14(13)16)18-7-8-19-15(2,3)10-18/h5-6,9,11,17H,7-8,10H2,1-4H3. The van der Waals surface area contributed by atoms with Crippen LogP contribution in [0.4, 0.5) is 5.69 Å². The van der Waals surface area contributed by atoms with E-state index >= 15 is 0 Å². The van der Waals surface area contributed by atoms with Crippen molar-refractivity contribution in [3.8, 4) is 0 Å². The van der Waals surface area contributed by atoms with Crippen molar-refractivity contribution in [2.75, 3.05) is 30.8 Å². The molecule has 2 rings (SSSR count). The highest BCUT2D eigenvalue weighted by Crippen LogP contribution is 2.34. The van der Waals surface area contributed by atoms with Crippen LogP contribution >= 0.6 is 23.4 Å². The second-order valence-corrected chi connectivity index (χ2v) is 7.96. The molecule has 0 saturated carbocycles. The summed E-state index contributed by atoms with van der Waals surface area (Å²) >= 11 is 8.47. The van der Waals surface area contributed by atoms with E-state index in [1.54, 1.807) is 0 Å². The lowest BCUT2D eigenvalue weighted by Gasteiger charge is -2.39. The Morgan fingerprint density at radius 2 is 2.16 bits per heavy atom. The zero-order valence-corrected chi connectivity index (χ0v) is 13.7. The van der Waals surface area contributed by atoms with Crippen LogP contribution in [0, 0.1) is 0 Å². The monoisotopic (exact) mass is 298 g/mol. The van der Waals surface area contributed by atoms with Gasteiger partial charge in [0.1, 0.15) is 0 Å². The van der Waals surface area contributed by atoms with Gasteiger partial charge in [0, 0.05) is 40.3 Å². The van der Waals surface area contributed by atoms with Gasteiger partial charge in [-0.25, -0.2) is 0 Å². The van der Waals surface area contributed by atoms with Crippen LogP contribution in [-0.4, -0.2) is 30.6 Å². The van der Waals surface area contributed by atoms with Gasteiger partial charge in [-0.05, 0) is 45.5 Å². The van der Waals surface area contributed by atoms with Gasteiger partial charge in [-0.1, -0.05) is 17.7 Å². The Hall–Kier alpha value is -0.380. The second kappa shape index (κ2) is 5.94. The molecule has 1 saturated heterocycles. The fraction of sp³-hybridized carbons (Fsp3) is 0.600. The summed E-state index contributed by atoms with van der Waals surface area (Å²) in [6, 6.07) is 6.74. The Balaban J connectivity index is 2.20. The lowest BCUT2D eigenvalue weighted by Crippen LogP contribution is -2.43. The van der Waals surface area contributed by atoms with Crippen molar-refractivity contribution >= 4 is 29.1 Å². The number of rotatable bonds is 3. The predicted molar refractivity (Wildman–Crippen MR) is 87.7 cm³/mol. The first kappa shape index (κ1) is 15.0. The largest absolute Gasteiger partial charge is 0.369 e. The third-order valence-corrected chi connectivity index (χ3v) is 5.30. The molecule has 0 radical (unpaired) electrons. The topological polar surface area (TPSA) is 15.3 Å². The van der Waals surface area contributed by atoms with Crippen molar-refractivity contribution in [2.45, 2.75) is 31.6 Å². The minimum atomic E-state index is 0.287. The molecular formula is C15H23ClN2S. The summed E-state index contributed by atoms with van der Waals surface area (Å²) in [4.78, 5) is 2.44. The van der Waals surface area contributed by atoms with E-state index in [-0.39, 0.29) is 6.04 Å². The Kier molecular flexibility index (Phi) is 4.70. The van der Waals surface area contributed by atoms with Gasteiger partial charge in [0.15, 0.2) is 0 Å². The molecule has 2 nitrogen and oxygen atoms in total. The molecule has 1 aromatic rings. The second-order valence-electron chi connectivity index (χ2n) is 5.75. The van der Waals surface area contributed by atoms with E-state index in [4.69, 9.17) is 11.6 Å². The van der Waals surface area contributed by atoms with Crippen LogP contribution in [-0.2, 0) is 0 Å². The Bertz CT molecular complexity index is 448. The molecule has 1 aliphatic heterocycles. The van der Waals surface area contributed by atoms with Gasteiger partial charge < -0.3 is 10.2 Å². The van der Waals surface area contributed by atoms with Crippen molar-refractivity contribution in [3.05, 3.63) is 28.8 Å². The van der Waals surface area contributed by atoms with Gasteiger partial charge in [-0.2, -0.15) is 11.8 Å². The number of hydrogen-bond acceptors (Lipinski definition) is 3. The number of hydrogen-bond donors (Lipinski definition) is 1. The molecule has 1 aromatic carbocycles. The Morgan fingerprint density at radius 3 is 2.74 bits per heavy atom. The van der Waals surface area contributed by atoms with Crippen molar-refractivity contribution in [1.82, 2.24) is 5.32 Å². The summed E-state index contributed by atoms with van der Waals surface area (Å²) in [7, 11) is 1.96. The number of nitrogens with one attached hydrogen (secondary N) is 1. The number of anilines is 1. The third-order valence-electron chi connectivity index (χ3n) is 3.67. The molecule has 1 fully saturated rings. The summed E-state index contributed by atoms with van der Waals surface area (Å²) in [5.41, 5.74) is 2.41. The van der Waals surface area contributed by atoms with Crippen molar-refractivity contribution in [2.24, 2.45) is 0 Å². The highest BCUT2D eigenvalue weighted by molar-refractivity contribution is 8.00. The van der Waals surface area contributed by atoms with Crippen LogP contribution < -0.4 is 10.2 Å². The molecule has 1 N–H and O–H groups in total. The fourth-order valence-corrected chi connectivity index (χ4v) is 3.91. The maximum absolute atomic E-state index is 6.42. The smallest absolute Gasteiger partial charge is 0.0474 e. The molecule has 1 heterocycles. The summed E-state index contributed by atoms with van der Waals surface area (Å²) in [5, 5.41) is 4.09. The number of thioether (sulfide) groups is 1. The summed E-state index contributed by atoms with van der Waals surface area (Å²) in [6.07, 6.45) is 0. The highest BCUT2D eigenvalue weighted by atomic mass is 35.5. The third kappa shape index (κ3) is 3.59. The van der Waals surface area contributed by atoms with Crippen LogP contribution in [0.15, 0.2) is 18.2 Å². The van der Waals surface area contributed by atoms with Gasteiger partial charge in [0.05, 0.1) is 0 Å². The van der Waals surface area contributed by atoms with E-state index < -0.39 is 0 Å². The molecule has 4 heteroatoms. The zero-order valence-electron chi connectivity index (χ0n) is 12.2. The summed E-state index contributed by atoms with van der Waals surface area (Å²) in [5.74, 6) is 1.18. The van der Waals surface area contributed by atoms with Crippen molar-refractivity contribution in [3.63, 3.8) is 0 Å². The summed E-state index contributed by atoms with van der Waals surface area (Å²) in [6.45, 7) is 8.92. The lowest BCUT2D eigenvalue weighted by molar-refractivity contribution is 0.644. The predicted octanol–water partition coefficient (Wildman–Crippen LogP) is 3.95. The minimum absolute atomic E-state index is 0.287. The molecule has 1 unspecified atom stereocenters. The number of nitrogens with zero attached hydrogens (tertiary/aromatic N) is 1. The van der Waals surface area contributed by atoms with Crippen LogP contribution in [0.2, 0.25) is 5.02 Å². The van der Waals surface area contributed by atoms with E-state index in [1.807, 2.05) is 7.05 Å². The minimum Gasteiger partial charge on any atom is -0.369 e. The number of benzene rings is 1. The Labute approximate surface area is 125 Å². The van der Waals surface area contributed by atoms with Crippen LogP contribution in [0.1, 0.15) is 32.4 Å². The van der Waals surface area contributed by atoms with Gasteiger partial charge >= 0.3 is 0 Å². The first-order chi connectivity index (χ1) is 8.93. The van der Waals surface area contributed by atoms with Gasteiger partial charge in [0.2, 0.25) is 0 Å². The molecule has 106 valence electrons. The van der Waals surface area contributed by atoms with Crippen LogP contribution in [0.3, 0.4) is 0 Å². The van der Waals surface area contributed by atoms with Crippen molar-refractivity contribution in [1.29, 1.82) is 0 Å². The molecule has 1 atom stereocenters. The van der Waals surface area contributed by atoms with E-state index in [0.717, 1.165) is 18.1 Å². The molecule has 19 heavy (non-hydrogen) atoms. The zero-order chi connectivity index (χ0) is 14.0. The van der Waals surface area contributed by atoms with Crippen LogP contribution in [0.5, 0.6) is 0 Å². The normalized spacial score (nSPS) is 20.4. The molecule has 0 aliphatic carbocycles. The SMILES string of the molecule is CNC(C)c1ccc(N2CCSC(C)(C)C2)cc1Cl. The average molecular weight is 299 g/mol. The van der Waals surface area contributed by atoms with Crippen LogP contribution in [0.25, 0.3) is 0 Å². The molecule has 1 aliphatic rings. The Morgan fingerprint density at radius 1 is 1.42 bits per heavy atom. The maximum Gasteiger partial charge on any atom is 0.0474 e. The maximum atomic E-state index is 6.42.